The van der Waals surface area contributed by atoms with Crippen molar-refractivity contribution in [3.05, 3.63) is 67.4 Å². The Labute approximate surface area is 203 Å². The Morgan fingerprint density at radius 1 is 1.03 bits per heavy atom. The highest BCUT2D eigenvalue weighted by molar-refractivity contribution is 6.38. The molecule has 33 heavy (non-hydrogen) atoms. The molecule has 1 heterocycles. The van der Waals surface area contributed by atoms with Gasteiger partial charge in [-0.05, 0) is 31.2 Å². The summed E-state index contributed by atoms with van der Waals surface area (Å²) in [6.07, 6.45) is 0. The van der Waals surface area contributed by atoms with E-state index in [-0.39, 0.29) is 64.6 Å². The van der Waals surface area contributed by atoms with Crippen LogP contribution in [0.15, 0.2) is 45.6 Å². The van der Waals surface area contributed by atoms with Gasteiger partial charge in [0, 0.05) is 22.2 Å². The van der Waals surface area contributed by atoms with Crippen LogP contribution in [-0.2, 0) is 14.3 Å². The molecule has 3 rings (SSSR count). The summed E-state index contributed by atoms with van der Waals surface area (Å²) in [5.74, 6) is -1.18. The van der Waals surface area contributed by atoms with Crippen LogP contribution in [0, 0.1) is 0 Å². The molecule has 1 N–H and O–H groups in total. The van der Waals surface area contributed by atoms with Gasteiger partial charge in [-0.15, -0.1) is 0 Å². The number of amides is 1. The van der Waals surface area contributed by atoms with E-state index in [0.717, 1.165) is 6.07 Å². The second-order valence-corrected chi connectivity index (χ2v) is 7.82. The van der Waals surface area contributed by atoms with E-state index in [9.17, 15) is 14.4 Å². The molecule has 0 bridgehead atoms. The average molecular weight is 515 g/mol. The first-order chi connectivity index (χ1) is 15.8. The molecule has 3 aromatic rings. The summed E-state index contributed by atoms with van der Waals surface area (Å²) in [4.78, 5) is 36.5. The lowest BCUT2D eigenvalue weighted by Gasteiger charge is -2.13. The highest BCUT2D eigenvalue weighted by Gasteiger charge is 2.17. The van der Waals surface area contributed by atoms with Gasteiger partial charge >= 0.3 is 5.97 Å². The number of esters is 1. The van der Waals surface area contributed by atoms with Gasteiger partial charge < -0.3 is 23.9 Å². The largest absolute Gasteiger partial charge is 0.489 e. The number of carbonyl (C=O) groups is 2. The van der Waals surface area contributed by atoms with E-state index in [1.165, 1.54) is 24.3 Å². The highest BCUT2D eigenvalue weighted by atomic mass is 35.5. The molecule has 1 aromatic heterocycles. The van der Waals surface area contributed by atoms with Gasteiger partial charge in [0.1, 0.15) is 19.0 Å². The number of hydrogen-bond donors (Lipinski definition) is 1. The monoisotopic (exact) mass is 513 g/mol. The highest BCUT2D eigenvalue weighted by Crippen LogP contribution is 2.30. The minimum atomic E-state index is -0.703. The van der Waals surface area contributed by atoms with Crippen molar-refractivity contribution < 1.29 is 28.2 Å². The summed E-state index contributed by atoms with van der Waals surface area (Å²) < 4.78 is 21.1. The maximum absolute atomic E-state index is 12.8. The molecule has 0 aliphatic carbocycles. The predicted molar refractivity (Wildman–Crippen MR) is 125 cm³/mol. The Morgan fingerprint density at radius 3 is 2.58 bits per heavy atom. The smallest absolute Gasteiger partial charge is 0.332 e. The van der Waals surface area contributed by atoms with E-state index >= 15 is 0 Å². The van der Waals surface area contributed by atoms with Gasteiger partial charge in [0.15, 0.2) is 16.8 Å². The molecule has 0 radical (unpaired) electrons. The molecule has 11 heteroatoms. The van der Waals surface area contributed by atoms with Crippen molar-refractivity contribution in [2.75, 3.05) is 31.7 Å². The van der Waals surface area contributed by atoms with Crippen molar-refractivity contribution in [3.63, 3.8) is 0 Å². The van der Waals surface area contributed by atoms with E-state index in [0.29, 0.717) is 5.02 Å². The third-order valence-electron chi connectivity index (χ3n) is 4.17. The van der Waals surface area contributed by atoms with Crippen LogP contribution in [-0.4, -0.2) is 38.3 Å². The van der Waals surface area contributed by atoms with Gasteiger partial charge in [-0.3, -0.25) is 9.59 Å². The van der Waals surface area contributed by atoms with Gasteiger partial charge in [0.05, 0.1) is 29.3 Å². The number of halogens is 3. The molecule has 0 saturated carbocycles. The molecule has 8 nitrogen and oxygen atoms in total. The molecular formula is C22H18Cl3NO7. The summed E-state index contributed by atoms with van der Waals surface area (Å²) in [7, 11) is 0. The molecule has 0 unspecified atom stereocenters. The maximum atomic E-state index is 12.8. The van der Waals surface area contributed by atoms with Crippen LogP contribution in [0.3, 0.4) is 0 Å². The van der Waals surface area contributed by atoms with Crippen molar-refractivity contribution >= 4 is 63.3 Å². The minimum Gasteiger partial charge on any atom is -0.489 e. The van der Waals surface area contributed by atoms with Gasteiger partial charge in [-0.2, -0.15) is 0 Å². The first-order valence-corrected chi connectivity index (χ1v) is 10.8. The third-order valence-corrected chi connectivity index (χ3v) is 4.91. The lowest BCUT2D eigenvalue weighted by atomic mass is 10.2. The van der Waals surface area contributed by atoms with E-state index in [1.54, 1.807) is 13.0 Å². The molecule has 0 atom stereocenters. The second kappa shape index (κ2) is 11.4. The standard InChI is InChI=1S/C22H18Cl3NO7/c1-2-31-20(28)11-30-5-6-32-18-9-12(23)3-4-16(18)26-22(29)19-10-17(27)14-7-13(24)8-15(25)21(14)33-19/h3-4,7-10H,2,5-6,11H2,1H3,(H,26,29). The van der Waals surface area contributed by atoms with Crippen LogP contribution in [0.5, 0.6) is 5.75 Å². The van der Waals surface area contributed by atoms with Crippen LogP contribution in [0.1, 0.15) is 17.5 Å². The first-order valence-electron chi connectivity index (χ1n) is 9.68. The summed E-state index contributed by atoms with van der Waals surface area (Å²) in [6.45, 7) is 1.93. The fourth-order valence-electron chi connectivity index (χ4n) is 2.77. The number of nitrogens with one attached hydrogen (secondary N) is 1. The van der Waals surface area contributed by atoms with E-state index in [1.807, 2.05) is 0 Å². The molecule has 0 spiro atoms. The Morgan fingerprint density at radius 2 is 1.82 bits per heavy atom. The lowest BCUT2D eigenvalue weighted by molar-refractivity contribution is -0.148. The molecule has 0 saturated heterocycles. The zero-order chi connectivity index (χ0) is 24.0. The zero-order valence-electron chi connectivity index (χ0n) is 17.3. The third kappa shape index (κ3) is 6.61. The Balaban J connectivity index is 1.72. The average Bonchev–Trinajstić information content (AvgIpc) is 2.76. The van der Waals surface area contributed by atoms with E-state index < -0.39 is 17.3 Å². The van der Waals surface area contributed by atoms with Crippen LogP contribution in [0.4, 0.5) is 5.69 Å². The summed E-state index contributed by atoms with van der Waals surface area (Å²) in [6, 6.07) is 8.44. The first kappa shape index (κ1) is 24.9. The fourth-order valence-corrected chi connectivity index (χ4v) is 3.46. The minimum absolute atomic E-state index is 0.0463. The SMILES string of the molecule is CCOC(=O)COCCOc1cc(Cl)ccc1NC(=O)c1cc(=O)c2cc(Cl)cc(Cl)c2o1. The van der Waals surface area contributed by atoms with Crippen LogP contribution < -0.4 is 15.5 Å². The number of hydrogen-bond acceptors (Lipinski definition) is 7. The van der Waals surface area contributed by atoms with Gasteiger partial charge in [-0.25, -0.2) is 4.79 Å². The maximum Gasteiger partial charge on any atom is 0.332 e. The van der Waals surface area contributed by atoms with Gasteiger partial charge in [0.25, 0.3) is 5.91 Å². The van der Waals surface area contributed by atoms with Crippen LogP contribution in [0.2, 0.25) is 15.1 Å². The number of anilines is 1. The van der Waals surface area contributed by atoms with Crippen molar-refractivity contribution in [2.24, 2.45) is 0 Å². The van der Waals surface area contributed by atoms with Crippen LogP contribution in [0.25, 0.3) is 11.0 Å². The molecular weight excluding hydrogens is 497 g/mol. The fraction of sp³-hybridized carbons (Fsp3) is 0.227. The molecule has 0 fully saturated rings. The zero-order valence-corrected chi connectivity index (χ0v) is 19.6. The Bertz CT molecular complexity index is 1240. The van der Waals surface area contributed by atoms with Crippen molar-refractivity contribution in [3.8, 4) is 5.75 Å². The normalized spacial score (nSPS) is 10.8. The van der Waals surface area contributed by atoms with E-state index in [2.05, 4.69) is 5.32 Å². The van der Waals surface area contributed by atoms with Crippen molar-refractivity contribution in [2.45, 2.75) is 6.92 Å². The quantitative estimate of drug-likeness (QED) is 0.318. The summed E-state index contributed by atoms with van der Waals surface area (Å²) in [5, 5.41) is 3.51. The number of fused-ring (bicyclic) bond motifs is 1. The van der Waals surface area contributed by atoms with Gasteiger partial charge in [-0.1, -0.05) is 34.8 Å². The molecule has 0 aliphatic rings. The Hall–Kier alpha value is -2.78. The number of rotatable bonds is 9. The summed E-state index contributed by atoms with van der Waals surface area (Å²) >= 11 is 18.1. The van der Waals surface area contributed by atoms with Crippen molar-refractivity contribution in [1.29, 1.82) is 0 Å². The van der Waals surface area contributed by atoms with Gasteiger partial charge in [0.2, 0.25) is 0 Å². The predicted octanol–water partition coefficient (Wildman–Crippen LogP) is 4.96. The molecule has 174 valence electrons. The second-order valence-electron chi connectivity index (χ2n) is 6.54. The number of benzene rings is 2. The topological polar surface area (TPSA) is 104 Å². The number of ether oxygens (including phenoxy) is 3. The van der Waals surface area contributed by atoms with Crippen molar-refractivity contribution in [1.82, 2.24) is 0 Å². The molecule has 0 aliphatic heterocycles. The van der Waals surface area contributed by atoms with Crippen LogP contribution >= 0.6 is 34.8 Å². The molecule has 2 aromatic carbocycles. The summed E-state index contributed by atoms with van der Waals surface area (Å²) in [5.41, 5.74) is -0.151. The number of carbonyl (C=O) groups excluding carboxylic acids is 2. The Kier molecular flexibility index (Phi) is 8.57. The lowest BCUT2D eigenvalue weighted by Crippen LogP contribution is -2.17. The van der Waals surface area contributed by atoms with E-state index in [4.69, 9.17) is 53.4 Å². The molecule has 1 amide bonds.